The summed E-state index contributed by atoms with van der Waals surface area (Å²) in [6.07, 6.45) is 2.96. The molecule has 0 radical (unpaired) electrons. The molecule has 1 heterocycles. The van der Waals surface area contributed by atoms with Crippen molar-refractivity contribution < 1.29 is 9.66 Å². The topological polar surface area (TPSA) is 92.0 Å². The van der Waals surface area contributed by atoms with Crippen LogP contribution < -0.4 is 10.6 Å². The summed E-state index contributed by atoms with van der Waals surface area (Å²) in [6.45, 7) is 6.34. The van der Waals surface area contributed by atoms with Gasteiger partial charge in [-0.3, -0.25) is 20.0 Å². The Bertz CT molecular complexity index is 577. The minimum absolute atomic E-state index is 0. The minimum atomic E-state index is -0.370. The Morgan fingerprint density at radius 2 is 1.85 bits per heavy atom. The van der Waals surface area contributed by atoms with Crippen LogP contribution in [0.4, 0.5) is 5.69 Å². The number of halogens is 1. The van der Waals surface area contributed by atoms with Crippen molar-refractivity contribution in [3.63, 3.8) is 0 Å². The predicted molar refractivity (Wildman–Crippen MR) is 118 cm³/mol. The summed E-state index contributed by atoms with van der Waals surface area (Å²) < 4.78 is 5.34. The van der Waals surface area contributed by atoms with Gasteiger partial charge in [0.05, 0.1) is 18.1 Å². The zero-order chi connectivity index (χ0) is 18.6. The number of guanidine groups is 1. The standard InChI is InChI=1S/C18H29N5O3.HI/c1-19-18(21-10-11-22-12-14-26-15-13-22)20-9-3-2-4-16-5-7-17(8-6-16)23(24)25;/h5-8H,2-4,9-15H2,1H3,(H2,19,20,21);1H. The molecule has 0 atom stereocenters. The van der Waals surface area contributed by atoms with E-state index in [4.69, 9.17) is 4.74 Å². The number of nitro groups is 1. The van der Waals surface area contributed by atoms with Crippen molar-refractivity contribution >= 4 is 35.6 Å². The van der Waals surface area contributed by atoms with E-state index in [2.05, 4.69) is 20.5 Å². The lowest BCUT2D eigenvalue weighted by atomic mass is 10.1. The monoisotopic (exact) mass is 491 g/mol. The van der Waals surface area contributed by atoms with E-state index in [1.807, 2.05) is 12.1 Å². The van der Waals surface area contributed by atoms with Crippen molar-refractivity contribution in [3.8, 4) is 0 Å². The number of nitrogens with zero attached hydrogens (tertiary/aromatic N) is 3. The SMILES string of the molecule is CN=C(NCCCCc1ccc([N+](=O)[O-])cc1)NCCN1CCOCC1.I. The molecule has 152 valence electrons. The smallest absolute Gasteiger partial charge is 0.269 e. The second-order valence-electron chi connectivity index (χ2n) is 6.26. The summed E-state index contributed by atoms with van der Waals surface area (Å²) in [4.78, 5) is 16.9. The fourth-order valence-electron chi connectivity index (χ4n) is 2.82. The number of aryl methyl sites for hydroxylation is 1. The Morgan fingerprint density at radius 3 is 2.48 bits per heavy atom. The quantitative estimate of drug-likeness (QED) is 0.137. The first-order valence-electron chi connectivity index (χ1n) is 9.17. The van der Waals surface area contributed by atoms with Crippen LogP contribution in [0.1, 0.15) is 18.4 Å². The number of ether oxygens (including phenoxy) is 1. The number of aliphatic imine (C=N–C) groups is 1. The molecule has 1 aliphatic heterocycles. The molecule has 1 saturated heterocycles. The highest BCUT2D eigenvalue weighted by molar-refractivity contribution is 14.0. The number of rotatable bonds is 9. The predicted octanol–water partition coefficient (Wildman–Crippen LogP) is 2.03. The molecule has 0 amide bonds. The van der Waals surface area contributed by atoms with Gasteiger partial charge in [-0.2, -0.15) is 0 Å². The van der Waals surface area contributed by atoms with Crippen molar-refractivity contribution in [2.75, 3.05) is 53.0 Å². The van der Waals surface area contributed by atoms with Crippen LogP contribution in [0.2, 0.25) is 0 Å². The van der Waals surface area contributed by atoms with Gasteiger partial charge in [-0.1, -0.05) is 12.1 Å². The third-order valence-electron chi connectivity index (χ3n) is 4.38. The van der Waals surface area contributed by atoms with E-state index in [9.17, 15) is 10.1 Å². The molecule has 1 fully saturated rings. The molecule has 0 saturated carbocycles. The Hall–Kier alpha value is -1.46. The molecule has 8 nitrogen and oxygen atoms in total. The van der Waals surface area contributed by atoms with Crippen LogP contribution in [0.5, 0.6) is 0 Å². The third-order valence-corrected chi connectivity index (χ3v) is 4.38. The first kappa shape index (κ1) is 23.6. The Kier molecular flexibility index (Phi) is 11.9. The normalized spacial score (nSPS) is 15.1. The van der Waals surface area contributed by atoms with Gasteiger partial charge in [0.2, 0.25) is 0 Å². The molecule has 1 aromatic carbocycles. The van der Waals surface area contributed by atoms with E-state index in [0.717, 1.165) is 76.7 Å². The van der Waals surface area contributed by atoms with E-state index in [1.54, 1.807) is 19.2 Å². The van der Waals surface area contributed by atoms with Gasteiger partial charge < -0.3 is 15.4 Å². The number of nitro benzene ring substituents is 1. The van der Waals surface area contributed by atoms with Crippen molar-refractivity contribution in [3.05, 3.63) is 39.9 Å². The van der Waals surface area contributed by atoms with E-state index < -0.39 is 0 Å². The molecule has 0 unspecified atom stereocenters. The Labute approximate surface area is 177 Å². The lowest BCUT2D eigenvalue weighted by molar-refractivity contribution is -0.384. The highest BCUT2D eigenvalue weighted by atomic mass is 127. The number of non-ortho nitro benzene ring substituents is 1. The van der Waals surface area contributed by atoms with Gasteiger partial charge >= 0.3 is 0 Å². The molecule has 1 aromatic rings. The van der Waals surface area contributed by atoms with E-state index in [1.165, 1.54) is 0 Å². The number of unbranched alkanes of at least 4 members (excludes halogenated alkanes) is 1. The molecule has 9 heteroatoms. The van der Waals surface area contributed by atoms with Gasteiger partial charge in [-0.05, 0) is 24.8 Å². The maximum atomic E-state index is 10.6. The van der Waals surface area contributed by atoms with E-state index >= 15 is 0 Å². The summed E-state index contributed by atoms with van der Waals surface area (Å²) in [5, 5.41) is 17.3. The van der Waals surface area contributed by atoms with Crippen LogP contribution in [-0.2, 0) is 11.2 Å². The minimum Gasteiger partial charge on any atom is -0.379 e. The molecule has 1 aliphatic rings. The maximum absolute atomic E-state index is 10.6. The highest BCUT2D eigenvalue weighted by Gasteiger charge is 2.09. The molecular formula is C18H30IN5O3. The fourth-order valence-corrected chi connectivity index (χ4v) is 2.82. The van der Waals surface area contributed by atoms with Crippen LogP contribution in [-0.4, -0.2) is 68.8 Å². The molecule has 2 N–H and O–H groups in total. The molecule has 0 aliphatic carbocycles. The second kappa shape index (κ2) is 13.7. The molecule has 0 spiro atoms. The van der Waals surface area contributed by atoms with Gasteiger partial charge in [-0.15, -0.1) is 24.0 Å². The second-order valence-corrected chi connectivity index (χ2v) is 6.26. The summed E-state index contributed by atoms with van der Waals surface area (Å²) in [6, 6.07) is 6.79. The first-order valence-corrected chi connectivity index (χ1v) is 9.17. The van der Waals surface area contributed by atoms with Crippen molar-refractivity contribution in [1.82, 2.24) is 15.5 Å². The largest absolute Gasteiger partial charge is 0.379 e. The Balaban J connectivity index is 0.00000364. The van der Waals surface area contributed by atoms with Crippen molar-refractivity contribution in [2.24, 2.45) is 4.99 Å². The number of hydrogen-bond acceptors (Lipinski definition) is 5. The molecular weight excluding hydrogens is 461 g/mol. The lowest BCUT2D eigenvalue weighted by Crippen LogP contribution is -2.44. The van der Waals surface area contributed by atoms with Gasteiger partial charge in [0.25, 0.3) is 5.69 Å². The number of benzene rings is 1. The van der Waals surface area contributed by atoms with Crippen molar-refractivity contribution in [1.29, 1.82) is 0 Å². The summed E-state index contributed by atoms with van der Waals surface area (Å²) in [5.41, 5.74) is 1.27. The fraction of sp³-hybridized carbons (Fsp3) is 0.611. The average Bonchev–Trinajstić information content (AvgIpc) is 2.67. The van der Waals surface area contributed by atoms with Gasteiger partial charge in [0.15, 0.2) is 5.96 Å². The third kappa shape index (κ3) is 9.34. The molecule has 0 aromatic heterocycles. The summed E-state index contributed by atoms with van der Waals surface area (Å²) in [5.74, 6) is 0.827. The number of nitrogens with one attached hydrogen (secondary N) is 2. The Morgan fingerprint density at radius 1 is 1.19 bits per heavy atom. The van der Waals surface area contributed by atoms with Crippen molar-refractivity contribution in [2.45, 2.75) is 19.3 Å². The van der Waals surface area contributed by atoms with E-state index in [0.29, 0.717) is 0 Å². The van der Waals surface area contributed by atoms with Gasteiger partial charge in [-0.25, -0.2) is 0 Å². The first-order chi connectivity index (χ1) is 12.7. The highest BCUT2D eigenvalue weighted by Crippen LogP contribution is 2.13. The summed E-state index contributed by atoms with van der Waals surface area (Å²) >= 11 is 0. The zero-order valence-corrected chi connectivity index (χ0v) is 18.2. The van der Waals surface area contributed by atoms with Crippen LogP contribution in [0.3, 0.4) is 0 Å². The molecule has 2 rings (SSSR count). The van der Waals surface area contributed by atoms with E-state index in [-0.39, 0.29) is 34.6 Å². The lowest BCUT2D eigenvalue weighted by Gasteiger charge is -2.26. The zero-order valence-electron chi connectivity index (χ0n) is 15.9. The van der Waals surface area contributed by atoms with Crippen LogP contribution in [0, 0.1) is 10.1 Å². The van der Waals surface area contributed by atoms with Gasteiger partial charge in [0.1, 0.15) is 0 Å². The molecule has 27 heavy (non-hydrogen) atoms. The average molecular weight is 491 g/mol. The number of morpholine rings is 1. The van der Waals surface area contributed by atoms with Gasteiger partial charge in [0, 0.05) is 51.9 Å². The van der Waals surface area contributed by atoms with Crippen LogP contribution in [0.15, 0.2) is 29.3 Å². The maximum Gasteiger partial charge on any atom is 0.269 e. The summed E-state index contributed by atoms with van der Waals surface area (Å²) in [7, 11) is 1.78. The number of hydrogen-bond donors (Lipinski definition) is 2. The molecule has 0 bridgehead atoms. The van der Waals surface area contributed by atoms with Crippen LogP contribution >= 0.6 is 24.0 Å². The van der Waals surface area contributed by atoms with Crippen LogP contribution in [0.25, 0.3) is 0 Å².